The van der Waals surface area contributed by atoms with E-state index in [0.717, 1.165) is 4.90 Å². The van der Waals surface area contributed by atoms with E-state index in [1.807, 2.05) is 19.9 Å². The van der Waals surface area contributed by atoms with Crippen LogP contribution < -0.4 is 10.6 Å². The molecule has 2 N–H and O–H groups in total. The van der Waals surface area contributed by atoms with Crippen LogP contribution in [0.4, 0.5) is 11.4 Å². The van der Waals surface area contributed by atoms with Crippen molar-refractivity contribution < 1.29 is 9.59 Å². The van der Waals surface area contributed by atoms with Crippen molar-refractivity contribution in [2.24, 2.45) is 0 Å². The molecule has 2 aromatic carbocycles. The lowest BCUT2D eigenvalue weighted by molar-refractivity contribution is -0.106. The lowest BCUT2D eigenvalue weighted by Crippen LogP contribution is -2.30. The van der Waals surface area contributed by atoms with Crippen LogP contribution in [0.5, 0.6) is 0 Å². The number of hydrogen-bond acceptors (Lipinski definition) is 4. The van der Waals surface area contributed by atoms with Crippen LogP contribution in [0.3, 0.4) is 0 Å². The van der Waals surface area contributed by atoms with Gasteiger partial charge < -0.3 is 5.73 Å². The molecule has 0 radical (unpaired) electrons. The molecule has 0 spiro atoms. The molecule has 0 aliphatic heterocycles. The quantitative estimate of drug-likeness (QED) is 0.675. The number of hydrogen-bond donors (Lipinski definition) is 1. The summed E-state index contributed by atoms with van der Waals surface area (Å²) in [6.07, 6.45) is 0.388. The Kier molecular flexibility index (Phi) is 6.97. The number of nitrogens with two attached hydrogens (primary N) is 1. The predicted octanol–water partition coefficient (Wildman–Crippen LogP) is 3.93. The average Bonchev–Trinajstić information content (AvgIpc) is 2.61. The summed E-state index contributed by atoms with van der Waals surface area (Å²) >= 11 is 6.01. The van der Waals surface area contributed by atoms with Gasteiger partial charge in [0.2, 0.25) is 6.41 Å². The number of amides is 2. The van der Waals surface area contributed by atoms with Gasteiger partial charge in [-0.05, 0) is 42.8 Å². The third kappa shape index (κ3) is 3.92. The van der Waals surface area contributed by atoms with E-state index in [1.54, 1.807) is 31.2 Å². The minimum Gasteiger partial charge on any atom is -0.398 e. The van der Waals surface area contributed by atoms with E-state index in [4.69, 9.17) is 22.6 Å². The van der Waals surface area contributed by atoms with E-state index in [0.29, 0.717) is 22.6 Å². The van der Waals surface area contributed by atoms with E-state index in [1.165, 1.54) is 12.1 Å². The largest absolute Gasteiger partial charge is 0.398 e. The van der Waals surface area contributed by atoms with Gasteiger partial charge >= 0.3 is 0 Å². The highest BCUT2D eigenvalue weighted by atomic mass is 35.5. The van der Waals surface area contributed by atoms with Crippen LogP contribution in [0.25, 0.3) is 0 Å². The molecule has 124 valence electrons. The van der Waals surface area contributed by atoms with Gasteiger partial charge in [-0.1, -0.05) is 31.5 Å². The second-order valence-corrected chi connectivity index (χ2v) is 4.99. The molecular weight excluding hydrogens is 326 g/mol. The topological polar surface area (TPSA) is 87.2 Å². The molecule has 2 amide bonds. The Hall–Kier alpha value is -2.84. The third-order valence-corrected chi connectivity index (χ3v) is 3.63. The summed E-state index contributed by atoms with van der Waals surface area (Å²) in [5.41, 5.74) is 7.37. The van der Waals surface area contributed by atoms with Crippen molar-refractivity contribution in [1.29, 1.82) is 5.26 Å². The lowest BCUT2D eigenvalue weighted by atomic mass is 10.0. The van der Waals surface area contributed by atoms with Crippen molar-refractivity contribution in [2.45, 2.75) is 20.8 Å². The molecule has 24 heavy (non-hydrogen) atoms. The molecule has 0 saturated carbocycles. The predicted molar refractivity (Wildman–Crippen MR) is 96.0 cm³/mol. The summed E-state index contributed by atoms with van der Waals surface area (Å²) < 4.78 is 0. The van der Waals surface area contributed by atoms with Gasteiger partial charge in [0.25, 0.3) is 5.91 Å². The van der Waals surface area contributed by atoms with Gasteiger partial charge in [0.15, 0.2) is 0 Å². The monoisotopic (exact) mass is 343 g/mol. The number of nitriles is 1. The summed E-state index contributed by atoms with van der Waals surface area (Å²) in [5.74, 6) is -0.595. The van der Waals surface area contributed by atoms with Crippen LogP contribution in [0.2, 0.25) is 5.02 Å². The first-order chi connectivity index (χ1) is 11.5. The maximum Gasteiger partial charge on any atom is 0.267 e. The maximum absolute atomic E-state index is 12.6. The molecule has 5 nitrogen and oxygen atoms in total. The van der Waals surface area contributed by atoms with E-state index in [9.17, 15) is 9.59 Å². The fraction of sp³-hybridized carbons (Fsp3) is 0.167. The number of anilines is 2. The fourth-order valence-corrected chi connectivity index (χ4v) is 2.22. The Morgan fingerprint density at radius 1 is 1.29 bits per heavy atom. The van der Waals surface area contributed by atoms with Crippen molar-refractivity contribution in [3.8, 4) is 6.07 Å². The summed E-state index contributed by atoms with van der Waals surface area (Å²) in [6, 6.07) is 11.2. The van der Waals surface area contributed by atoms with Crippen LogP contribution in [-0.2, 0) is 4.79 Å². The van der Waals surface area contributed by atoms with Crippen LogP contribution >= 0.6 is 11.6 Å². The van der Waals surface area contributed by atoms with Gasteiger partial charge in [-0.25, -0.2) is 4.90 Å². The number of nitrogens with zero attached hydrogens (tertiary/aromatic N) is 2. The molecule has 2 aromatic rings. The zero-order valence-corrected chi connectivity index (χ0v) is 14.5. The van der Waals surface area contributed by atoms with E-state index in [-0.39, 0.29) is 16.9 Å². The highest BCUT2D eigenvalue weighted by Gasteiger charge is 2.22. The van der Waals surface area contributed by atoms with E-state index in [2.05, 4.69) is 0 Å². The third-order valence-electron chi connectivity index (χ3n) is 3.22. The molecule has 0 aliphatic carbocycles. The number of nitrogen functional groups attached to an aromatic ring is 1. The molecule has 0 bridgehead atoms. The number of halogens is 1. The van der Waals surface area contributed by atoms with Crippen molar-refractivity contribution in [3.05, 3.63) is 58.1 Å². The maximum atomic E-state index is 12.6. The number of rotatable bonds is 3. The Balaban J connectivity index is 0.00000139. The van der Waals surface area contributed by atoms with Gasteiger partial charge in [-0.15, -0.1) is 0 Å². The standard InChI is InChI=1S/C16H12ClN3O2.C2H6/c1-10-13(17)5-6-14(19)15(10)16(22)20(9-21)12-4-2-3-11(7-12)8-18;1-2/h2-7,9H,19H2,1H3;1-2H3. The molecule has 0 unspecified atom stereocenters. The SMILES string of the molecule is CC.Cc1c(Cl)ccc(N)c1C(=O)N(C=O)c1cccc(C#N)c1. The van der Waals surface area contributed by atoms with Crippen molar-refractivity contribution in [2.75, 3.05) is 10.6 Å². The number of imide groups is 1. The van der Waals surface area contributed by atoms with Gasteiger partial charge in [-0.2, -0.15) is 5.26 Å². The molecular formula is C18H18ClN3O2. The summed E-state index contributed by atoms with van der Waals surface area (Å²) in [4.78, 5) is 24.9. The first kappa shape index (κ1) is 19.2. The van der Waals surface area contributed by atoms with E-state index >= 15 is 0 Å². The smallest absolute Gasteiger partial charge is 0.267 e. The second kappa shape index (κ2) is 8.70. The summed E-state index contributed by atoms with van der Waals surface area (Å²) in [6.45, 7) is 5.65. The molecule has 0 atom stereocenters. The normalized spacial score (nSPS) is 9.29. The number of carbonyl (C=O) groups excluding carboxylic acids is 2. The molecule has 6 heteroatoms. The highest BCUT2D eigenvalue weighted by Crippen LogP contribution is 2.27. The first-order valence-corrected chi connectivity index (χ1v) is 7.71. The van der Waals surface area contributed by atoms with Crippen molar-refractivity contribution in [3.63, 3.8) is 0 Å². The van der Waals surface area contributed by atoms with Crippen LogP contribution in [-0.4, -0.2) is 12.3 Å². The Morgan fingerprint density at radius 3 is 2.54 bits per heavy atom. The first-order valence-electron chi connectivity index (χ1n) is 7.33. The molecule has 0 saturated heterocycles. The van der Waals surface area contributed by atoms with Gasteiger partial charge in [0, 0.05) is 10.7 Å². The Labute approximate surface area is 146 Å². The van der Waals surface area contributed by atoms with Crippen LogP contribution in [0, 0.1) is 18.3 Å². The van der Waals surface area contributed by atoms with Crippen molar-refractivity contribution >= 4 is 35.3 Å². The average molecular weight is 344 g/mol. The Bertz CT molecular complexity index is 797. The molecule has 0 fully saturated rings. The lowest BCUT2D eigenvalue weighted by Gasteiger charge is -2.18. The molecule has 0 aromatic heterocycles. The second-order valence-electron chi connectivity index (χ2n) is 4.58. The minimum atomic E-state index is -0.595. The summed E-state index contributed by atoms with van der Waals surface area (Å²) in [7, 11) is 0. The zero-order valence-electron chi connectivity index (χ0n) is 13.7. The zero-order chi connectivity index (χ0) is 18.3. The summed E-state index contributed by atoms with van der Waals surface area (Å²) in [5, 5.41) is 9.30. The van der Waals surface area contributed by atoms with Gasteiger partial charge in [0.05, 0.1) is 22.9 Å². The van der Waals surface area contributed by atoms with Gasteiger partial charge in [0.1, 0.15) is 0 Å². The van der Waals surface area contributed by atoms with Crippen LogP contribution in [0.15, 0.2) is 36.4 Å². The highest BCUT2D eigenvalue weighted by molar-refractivity contribution is 6.32. The molecule has 0 heterocycles. The van der Waals surface area contributed by atoms with Crippen LogP contribution in [0.1, 0.15) is 35.3 Å². The van der Waals surface area contributed by atoms with Gasteiger partial charge in [-0.3, -0.25) is 9.59 Å². The van der Waals surface area contributed by atoms with Crippen molar-refractivity contribution in [1.82, 2.24) is 0 Å². The number of benzene rings is 2. The molecule has 2 rings (SSSR count). The minimum absolute atomic E-state index is 0.168. The fourth-order valence-electron chi connectivity index (χ4n) is 2.06. The van der Waals surface area contributed by atoms with E-state index < -0.39 is 5.91 Å². The number of carbonyl (C=O) groups is 2. The Morgan fingerprint density at radius 2 is 1.96 bits per heavy atom. The molecule has 0 aliphatic rings.